The maximum absolute atomic E-state index is 14.4. The van der Waals surface area contributed by atoms with Gasteiger partial charge in [-0.05, 0) is 100.0 Å². The fraction of sp³-hybridized carbons (Fsp3) is 0.568. The predicted octanol–water partition coefficient (Wildman–Crippen LogP) is 6.02. The molecule has 1 aromatic carbocycles. The highest BCUT2D eigenvalue weighted by Crippen LogP contribution is 2.39. The van der Waals surface area contributed by atoms with E-state index in [0.717, 1.165) is 48.2 Å². The first kappa shape index (κ1) is 31.7. The third-order valence-electron chi connectivity index (χ3n) is 10.7. The quantitative estimate of drug-likeness (QED) is 0.305. The molecule has 1 saturated heterocycles. The normalized spacial score (nSPS) is 24.8. The molecule has 3 aliphatic carbocycles. The van der Waals surface area contributed by atoms with Crippen LogP contribution in [0, 0.1) is 11.8 Å². The van der Waals surface area contributed by atoms with Crippen molar-refractivity contribution in [3.05, 3.63) is 60.7 Å². The number of pyridine rings is 1. The van der Waals surface area contributed by atoms with Crippen LogP contribution in [0.25, 0.3) is 11.1 Å². The Labute approximate surface area is 277 Å². The summed E-state index contributed by atoms with van der Waals surface area (Å²) in [6.45, 7) is 1.38. The minimum absolute atomic E-state index is 0.104. The van der Waals surface area contributed by atoms with Crippen LogP contribution >= 0.6 is 0 Å². The predicted molar refractivity (Wildman–Crippen MR) is 181 cm³/mol. The van der Waals surface area contributed by atoms with Crippen LogP contribution in [0.2, 0.25) is 0 Å². The average molecular weight is 641 g/mol. The number of amides is 2. The van der Waals surface area contributed by atoms with Gasteiger partial charge in [-0.3, -0.25) is 14.5 Å². The number of nitrogens with zero attached hydrogens (tertiary/aromatic N) is 6. The highest BCUT2D eigenvalue weighted by Gasteiger charge is 2.36. The van der Waals surface area contributed by atoms with Gasteiger partial charge in [0.15, 0.2) is 0 Å². The number of likely N-dealkylation sites (tertiary alicyclic amines) is 1. The Hall–Kier alpha value is -3.92. The lowest BCUT2D eigenvalue weighted by Gasteiger charge is -2.38. The SMILES string of the molecule is CN(C)c1ccc([C@H]2CC[C@H](CN(c3cccc(-c4cnn(C5CC5)c4)c3)C(=O)[C@H]3CC[C@H](OC(=O)N4CC(O)C4)CC3)CC2)nc1. The number of hydrogen-bond donors (Lipinski definition) is 1. The van der Waals surface area contributed by atoms with E-state index in [1.165, 1.54) is 23.4 Å². The largest absolute Gasteiger partial charge is 0.446 e. The van der Waals surface area contributed by atoms with Crippen LogP contribution < -0.4 is 9.80 Å². The molecule has 0 bridgehead atoms. The molecule has 1 N–H and O–H groups in total. The molecule has 4 fully saturated rings. The van der Waals surface area contributed by atoms with Gasteiger partial charge < -0.3 is 24.5 Å². The molecule has 7 rings (SSSR count). The van der Waals surface area contributed by atoms with Crippen molar-refractivity contribution in [1.29, 1.82) is 0 Å². The zero-order chi connectivity index (χ0) is 32.5. The lowest BCUT2D eigenvalue weighted by molar-refractivity contribution is -0.124. The molecule has 0 spiro atoms. The number of carbonyl (C=O) groups excluding carboxylic acids is 2. The molecule has 4 aliphatic rings. The van der Waals surface area contributed by atoms with Crippen LogP contribution in [-0.2, 0) is 9.53 Å². The van der Waals surface area contributed by atoms with Crippen molar-refractivity contribution >= 4 is 23.4 Å². The van der Waals surface area contributed by atoms with Gasteiger partial charge in [-0.25, -0.2) is 4.79 Å². The molecule has 250 valence electrons. The van der Waals surface area contributed by atoms with Gasteiger partial charge in [-0.15, -0.1) is 0 Å². The highest BCUT2D eigenvalue weighted by atomic mass is 16.6. The fourth-order valence-corrected chi connectivity index (χ4v) is 7.47. The number of carbonyl (C=O) groups is 2. The molecular formula is C37H48N6O4. The first-order valence-corrected chi connectivity index (χ1v) is 17.5. The van der Waals surface area contributed by atoms with Crippen molar-refractivity contribution in [3.8, 4) is 11.1 Å². The van der Waals surface area contributed by atoms with Gasteiger partial charge in [0.25, 0.3) is 0 Å². The summed E-state index contributed by atoms with van der Waals surface area (Å²) in [6, 6.07) is 13.2. The van der Waals surface area contributed by atoms with Crippen molar-refractivity contribution in [2.24, 2.45) is 11.8 Å². The van der Waals surface area contributed by atoms with E-state index >= 15 is 0 Å². The number of aliphatic hydroxyl groups excluding tert-OH is 1. The van der Waals surface area contributed by atoms with Crippen LogP contribution in [0.4, 0.5) is 16.2 Å². The smallest absolute Gasteiger partial charge is 0.410 e. The van der Waals surface area contributed by atoms with Gasteiger partial charge in [-0.1, -0.05) is 12.1 Å². The minimum Gasteiger partial charge on any atom is -0.446 e. The molecule has 10 heteroatoms. The van der Waals surface area contributed by atoms with Crippen LogP contribution in [0.15, 0.2) is 55.0 Å². The van der Waals surface area contributed by atoms with Crippen molar-refractivity contribution in [1.82, 2.24) is 19.7 Å². The second kappa shape index (κ2) is 13.7. The van der Waals surface area contributed by atoms with E-state index < -0.39 is 6.10 Å². The summed E-state index contributed by atoms with van der Waals surface area (Å²) >= 11 is 0. The zero-order valence-corrected chi connectivity index (χ0v) is 27.7. The Balaban J connectivity index is 1.03. The number of aromatic nitrogens is 3. The molecular weight excluding hydrogens is 592 g/mol. The van der Waals surface area contributed by atoms with Crippen LogP contribution in [0.1, 0.15) is 81.9 Å². The number of anilines is 2. The van der Waals surface area contributed by atoms with Gasteiger partial charge in [0.05, 0.1) is 43.3 Å². The van der Waals surface area contributed by atoms with Gasteiger partial charge >= 0.3 is 6.09 Å². The monoisotopic (exact) mass is 640 g/mol. The molecule has 2 aromatic heterocycles. The molecule has 2 amide bonds. The first-order chi connectivity index (χ1) is 22.8. The maximum atomic E-state index is 14.4. The minimum atomic E-state index is -0.448. The van der Waals surface area contributed by atoms with Gasteiger partial charge in [0.1, 0.15) is 6.10 Å². The van der Waals surface area contributed by atoms with Crippen molar-refractivity contribution in [2.45, 2.75) is 88.4 Å². The van der Waals surface area contributed by atoms with E-state index in [4.69, 9.17) is 9.72 Å². The van der Waals surface area contributed by atoms with Gasteiger partial charge in [0.2, 0.25) is 5.91 Å². The van der Waals surface area contributed by atoms with Crippen LogP contribution in [-0.4, -0.2) is 82.7 Å². The summed E-state index contributed by atoms with van der Waals surface area (Å²) in [5.74, 6) is 0.944. The summed E-state index contributed by atoms with van der Waals surface area (Å²) in [5.41, 5.74) is 5.39. The van der Waals surface area contributed by atoms with Gasteiger partial charge in [0, 0.05) is 55.6 Å². The van der Waals surface area contributed by atoms with Crippen molar-refractivity contribution in [2.75, 3.05) is 43.5 Å². The number of β-amino-alcohol motifs (C(OH)–C–C–N with tert-alkyl or cyclic N) is 1. The molecule has 1 aliphatic heterocycles. The molecule has 0 atom stereocenters. The number of benzene rings is 1. The van der Waals surface area contributed by atoms with E-state index in [9.17, 15) is 14.7 Å². The maximum Gasteiger partial charge on any atom is 0.410 e. The van der Waals surface area contributed by atoms with E-state index in [2.05, 4.69) is 62.2 Å². The summed E-state index contributed by atoms with van der Waals surface area (Å²) in [6.07, 6.45) is 14.5. The second-order valence-electron chi connectivity index (χ2n) is 14.4. The van der Waals surface area contributed by atoms with E-state index in [-0.39, 0.29) is 24.0 Å². The lowest BCUT2D eigenvalue weighted by atomic mass is 9.79. The topological polar surface area (TPSA) is 104 Å². The number of hydrogen-bond acceptors (Lipinski definition) is 7. The van der Waals surface area contributed by atoms with Crippen molar-refractivity contribution < 1.29 is 19.4 Å². The molecule has 3 aromatic rings. The molecule has 3 saturated carbocycles. The average Bonchev–Trinajstić information content (AvgIpc) is 3.82. The van der Waals surface area contributed by atoms with Crippen molar-refractivity contribution in [3.63, 3.8) is 0 Å². The zero-order valence-electron chi connectivity index (χ0n) is 27.7. The van der Waals surface area contributed by atoms with Crippen LogP contribution in [0.3, 0.4) is 0 Å². The van der Waals surface area contributed by atoms with E-state index in [1.807, 2.05) is 26.5 Å². The third kappa shape index (κ3) is 7.32. The number of aliphatic hydroxyl groups is 1. The lowest BCUT2D eigenvalue weighted by Crippen LogP contribution is -2.54. The highest BCUT2D eigenvalue weighted by molar-refractivity contribution is 5.95. The number of rotatable bonds is 9. The second-order valence-corrected chi connectivity index (χ2v) is 14.4. The Bertz CT molecular complexity index is 1530. The Morgan fingerprint density at radius 2 is 1.66 bits per heavy atom. The summed E-state index contributed by atoms with van der Waals surface area (Å²) in [7, 11) is 4.07. The Kier molecular flexibility index (Phi) is 9.21. The van der Waals surface area contributed by atoms with Gasteiger partial charge in [-0.2, -0.15) is 5.10 Å². The summed E-state index contributed by atoms with van der Waals surface area (Å²) in [4.78, 5) is 37.3. The number of ether oxygens (including phenoxy) is 1. The Morgan fingerprint density at radius 3 is 2.32 bits per heavy atom. The summed E-state index contributed by atoms with van der Waals surface area (Å²) < 4.78 is 7.80. The molecule has 47 heavy (non-hydrogen) atoms. The standard InChI is InChI=1S/C37H48N6O4/c1-40(2)32-14-17-35(38-20-32)26-8-6-25(7-9-26)21-42(31-5-3-4-28(18-31)29-19-39-43(22-29)30-12-13-30)36(45)27-10-15-34(16-11-27)47-37(46)41-23-33(44)24-41/h3-5,14,17-20,22,25-27,30,33-34,44H,6-13,15-16,21,23-24H2,1-2H3/t25-,26-,27-,34-. The van der Waals surface area contributed by atoms with E-state index in [1.54, 1.807) is 0 Å². The first-order valence-electron chi connectivity index (χ1n) is 17.5. The molecule has 0 unspecified atom stereocenters. The molecule has 3 heterocycles. The third-order valence-corrected chi connectivity index (χ3v) is 10.7. The van der Waals surface area contributed by atoms with E-state index in [0.29, 0.717) is 63.2 Å². The molecule has 0 radical (unpaired) electrons. The Morgan fingerprint density at radius 1 is 0.894 bits per heavy atom. The fourth-order valence-electron chi connectivity index (χ4n) is 7.47. The van der Waals surface area contributed by atoms with Crippen LogP contribution in [0.5, 0.6) is 0 Å². The summed E-state index contributed by atoms with van der Waals surface area (Å²) in [5, 5.41) is 14.1. The molecule has 10 nitrogen and oxygen atoms in total.